The van der Waals surface area contributed by atoms with E-state index in [4.69, 9.17) is 4.74 Å². The second kappa shape index (κ2) is 7.62. The van der Waals surface area contributed by atoms with Gasteiger partial charge in [-0.25, -0.2) is 0 Å². The Bertz CT molecular complexity index is 999. The van der Waals surface area contributed by atoms with Crippen molar-refractivity contribution < 1.29 is 22.7 Å². The second-order valence-electron chi connectivity index (χ2n) is 6.90. The molecule has 0 aliphatic carbocycles. The van der Waals surface area contributed by atoms with Crippen molar-refractivity contribution in [3.8, 4) is 11.5 Å². The lowest BCUT2D eigenvalue weighted by Gasteiger charge is -2.29. The van der Waals surface area contributed by atoms with E-state index in [0.717, 1.165) is 35.2 Å². The third kappa shape index (κ3) is 4.42. The van der Waals surface area contributed by atoms with Crippen molar-refractivity contribution in [1.29, 1.82) is 0 Å². The summed E-state index contributed by atoms with van der Waals surface area (Å²) in [6.07, 6.45) is -0.0189. The first kappa shape index (κ1) is 19.0. The highest BCUT2D eigenvalue weighted by molar-refractivity contribution is 5.79. The van der Waals surface area contributed by atoms with Crippen LogP contribution in [0.1, 0.15) is 22.3 Å². The molecule has 1 aliphatic rings. The molecule has 1 N–H and O–H groups in total. The molecule has 2 heterocycles. The maximum absolute atomic E-state index is 12.7. The molecule has 1 aromatic heterocycles. The number of ether oxygens (including phenoxy) is 1. The van der Waals surface area contributed by atoms with Crippen LogP contribution in [-0.2, 0) is 30.4 Å². The number of nitrogens with one attached hydrogen (secondary N) is 1. The topological polar surface area (TPSA) is 58.2 Å². The molecular formula is C21H18F3N3O2. The lowest BCUT2D eigenvalue weighted by atomic mass is 9.99. The Kier molecular flexibility index (Phi) is 5.00. The third-order valence-electron chi connectivity index (χ3n) is 4.87. The number of hydrogen-bond donors (Lipinski definition) is 1. The summed E-state index contributed by atoms with van der Waals surface area (Å²) in [6, 6.07) is 10.1. The molecule has 0 saturated carbocycles. The number of benzene rings is 2. The van der Waals surface area contributed by atoms with Gasteiger partial charge in [0.15, 0.2) is 0 Å². The standard InChI is InChI=1S/C21H18F3N3O2/c22-21(23,24)17-2-5-18(6-3-17)29-19-4-1-15-7-8-27(13-16(15)10-19)20(28)9-14-11-25-26-12-14/h1-6,10-12H,7-9,13H2,(H,25,26). The SMILES string of the molecule is O=C(Cc1cn[nH]c1)N1CCc2ccc(Oc3ccc(C(F)(F)F)cc3)cc2C1. The summed E-state index contributed by atoms with van der Waals surface area (Å²) in [6.45, 7) is 1.11. The van der Waals surface area contributed by atoms with E-state index >= 15 is 0 Å². The number of carbonyl (C=O) groups excluding carboxylic acids is 1. The molecular weight excluding hydrogens is 383 g/mol. The number of halogens is 3. The summed E-state index contributed by atoms with van der Waals surface area (Å²) in [5.41, 5.74) is 2.22. The van der Waals surface area contributed by atoms with Gasteiger partial charge < -0.3 is 9.64 Å². The molecule has 8 heteroatoms. The van der Waals surface area contributed by atoms with E-state index in [9.17, 15) is 18.0 Å². The van der Waals surface area contributed by atoms with Gasteiger partial charge in [0, 0.05) is 19.3 Å². The lowest BCUT2D eigenvalue weighted by Crippen LogP contribution is -2.36. The fourth-order valence-corrected chi connectivity index (χ4v) is 3.32. The second-order valence-corrected chi connectivity index (χ2v) is 6.90. The predicted octanol–water partition coefficient (Wildman–Crippen LogP) is 4.35. The van der Waals surface area contributed by atoms with Crippen LogP contribution < -0.4 is 4.74 Å². The minimum absolute atomic E-state index is 0.0195. The zero-order valence-corrected chi connectivity index (χ0v) is 15.4. The number of hydrogen-bond acceptors (Lipinski definition) is 3. The summed E-state index contributed by atoms with van der Waals surface area (Å²) in [5.74, 6) is 0.861. The van der Waals surface area contributed by atoms with Crippen LogP contribution in [0.15, 0.2) is 54.9 Å². The van der Waals surface area contributed by atoms with Gasteiger partial charge in [-0.2, -0.15) is 18.3 Å². The van der Waals surface area contributed by atoms with Gasteiger partial charge in [-0.05, 0) is 59.5 Å². The fourth-order valence-electron chi connectivity index (χ4n) is 3.32. The monoisotopic (exact) mass is 401 g/mol. The molecule has 0 saturated heterocycles. The van der Waals surface area contributed by atoms with E-state index in [2.05, 4.69) is 10.2 Å². The first-order valence-electron chi connectivity index (χ1n) is 9.11. The molecule has 150 valence electrons. The lowest BCUT2D eigenvalue weighted by molar-refractivity contribution is -0.137. The van der Waals surface area contributed by atoms with Crippen molar-refractivity contribution >= 4 is 5.91 Å². The molecule has 29 heavy (non-hydrogen) atoms. The first-order valence-corrected chi connectivity index (χ1v) is 9.11. The van der Waals surface area contributed by atoms with Crippen LogP contribution in [0.25, 0.3) is 0 Å². The van der Waals surface area contributed by atoms with Crippen molar-refractivity contribution in [2.45, 2.75) is 25.6 Å². The summed E-state index contributed by atoms with van der Waals surface area (Å²) < 4.78 is 43.7. The van der Waals surface area contributed by atoms with Gasteiger partial charge in [-0.1, -0.05) is 6.07 Å². The highest BCUT2D eigenvalue weighted by atomic mass is 19.4. The number of carbonyl (C=O) groups is 1. The van der Waals surface area contributed by atoms with Gasteiger partial charge in [0.2, 0.25) is 5.91 Å². The van der Waals surface area contributed by atoms with Crippen LogP contribution in [0.2, 0.25) is 0 Å². The van der Waals surface area contributed by atoms with Gasteiger partial charge in [0.25, 0.3) is 0 Å². The molecule has 0 spiro atoms. The molecule has 0 radical (unpaired) electrons. The number of aromatic nitrogens is 2. The Morgan fingerprint density at radius 2 is 1.86 bits per heavy atom. The molecule has 3 aromatic rings. The van der Waals surface area contributed by atoms with Crippen molar-refractivity contribution in [3.05, 3.63) is 77.1 Å². The minimum atomic E-state index is -4.38. The fraction of sp³-hybridized carbons (Fsp3) is 0.238. The van der Waals surface area contributed by atoms with Gasteiger partial charge in [-0.15, -0.1) is 0 Å². The van der Waals surface area contributed by atoms with Crippen LogP contribution in [0.3, 0.4) is 0 Å². The summed E-state index contributed by atoms with van der Waals surface area (Å²) in [4.78, 5) is 14.3. The molecule has 2 aromatic carbocycles. The number of fused-ring (bicyclic) bond motifs is 1. The molecule has 0 unspecified atom stereocenters. The molecule has 1 amide bonds. The summed E-state index contributed by atoms with van der Waals surface area (Å²) in [7, 11) is 0. The zero-order chi connectivity index (χ0) is 20.4. The van der Waals surface area contributed by atoms with Gasteiger partial charge >= 0.3 is 6.18 Å². The quantitative estimate of drug-likeness (QED) is 0.707. The Morgan fingerprint density at radius 1 is 1.10 bits per heavy atom. The highest BCUT2D eigenvalue weighted by Gasteiger charge is 2.30. The molecule has 0 fully saturated rings. The Balaban J connectivity index is 1.45. The molecule has 1 aliphatic heterocycles. The molecule has 0 bridgehead atoms. The van der Waals surface area contributed by atoms with E-state index in [1.807, 2.05) is 12.1 Å². The number of H-pyrrole nitrogens is 1. The normalized spacial score (nSPS) is 13.8. The third-order valence-corrected chi connectivity index (χ3v) is 4.87. The average molecular weight is 401 g/mol. The van der Waals surface area contributed by atoms with E-state index < -0.39 is 11.7 Å². The van der Waals surface area contributed by atoms with Crippen molar-refractivity contribution in [2.75, 3.05) is 6.54 Å². The minimum Gasteiger partial charge on any atom is -0.457 e. The van der Waals surface area contributed by atoms with Crippen LogP contribution in [0, 0.1) is 0 Å². The summed E-state index contributed by atoms with van der Waals surface area (Å²) in [5, 5.41) is 6.55. The number of alkyl halides is 3. The van der Waals surface area contributed by atoms with Crippen molar-refractivity contribution in [2.24, 2.45) is 0 Å². The van der Waals surface area contributed by atoms with Crippen LogP contribution in [0.4, 0.5) is 13.2 Å². The average Bonchev–Trinajstić information content (AvgIpc) is 3.20. The van der Waals surface area contributed by atoms with E-state index in [0.29, 0.717) is 24.6 Å². The highest BCUT2D eigenvalue weighted by Crippen LogP contribution is 2.32. The molecule has 0 atom stereocenters. The zero-order valence-electron chi connectivity index (χ0n) is 15.4. The number of nitrogens with zero attached hydrogens (tertiary/aromatic N) is 2. The van der Waals surface area contributed by atoms with Gasteiger partial charge in [0.05, 0.1) is 18.2 Å². The Hall–Kier alpha value is -3.29. The number of rotatable bonds is 4. The van der Waals surface area contributed by atoms with Crippen LogP contribution in [0.5, 0.6) is 11.5 Å². The maximum Gasteiger partial charge on any atom is 0.416 e. The molecule has 4 rings (SSSR count). The Morgan fingerprint density at radius 3 is 2.55 bits per heavy atom. The van der Waals surface area contributed by atoms with Crippen molar-refractivity contribution in [3.63, 3.8) is 0 Å². The summed E-state index contributed by atoms with van der Waals surface area (Å²) >= 11 is 0. The van der Waals surface area contributed by atoms with Crippen LogP contribution in [-0.4, -0.2) is 27.5 Å². The Labute approximate surface area is 165 Å². The largest absolute Gasteiger partial charge is 0.457 e. The maximum atomic E-state index is 12.7. The molecule has 5 nitrogen and oxygen atoms in total. The van der Waals surface area contributed by atoms with Gasteiger partial charge in [0.1, 0.15) is 11.5 Å². The first-order chi connectivity index (χ1) is 13.9. The number of aromatic amines is 1. The smallest absolute Gasteiger partial charge is 0.416 e. The van der Waals surface area contributed by atoms with Crippen LogP contribution >= 0.6 is 0 Å². The van der Waals surface area contributed by atoms with E-state index in [1.54, 1.807) is 23.4 Å². The van der Waals surface area contributed by atoms with Crippen molar-refractivity contribution in [1.82, 2.24) is 15.1 Å². The predicted molar refractivity (Wildman–Crippen MR) is 99.4 cm³/mol. The van der Waals surface area contributed by atoms with Gasteiger partial charge in [-0.3, -0.25) is 9.89 Å². The van der Waals surface area contributed by atoms with E-state index in [1.165, 1.54) is 12.1 Å². The number of amides is 1. The van der Waals surface area contributed by atoms with E-state index in [-0.39, 0.29) is 12.3 Å².